The largest absolute Gasteiger partial charge is 0.463 e. The molecule has 344 valence electrons. The monoisotopic (exact) mass is 923 g/mol. The smallest absolute Gasteiger partial charge is 0.414 e. The summed E-state index contributed by atoms with van der Waals surface area (Å²) in [6.45, 7) is 10.6. The number of rotatable bonds is 13. The molecule has 0 unspecified atom stereocenters. The molecule has 5 aromatic rings. The molecule has 2 aliphatic rings. The second-order valence-electron chi connectivity index (χ2n) is 18.4. The van der Waals surface area contributed by atoms with E-state index in [1.807, 2.05) is 41.5 Å². The third kappa shape index (κ3) is 10.0. The predicted molar refractivity (Wildman–Crippen MR) is 228 cm³/mol. The number of alkyl carbamates (subject to hydrolysis) is 1. The van der Waals surface area contributed by atoms with E-state index in [0.717, 1.165) is 15.9 Å². The Hall–Kier alpha value is -6.24. The van der Waals surface area contributed by atoms with Crippen LogP contribution < -0.4 is 5.32 Å². The lowest BCUT2D eigenvalue weighted by molar-refractivity contribution is -0.195. The molecule has 65 heavy (non-hydrogen) atoms. The Labute approximate surface area is 376 Å². The van der Waals surface area contributed by atoms with Crippen LogP contribution in [0.15, 0.2) is 90.3 Å². The summed E-state index contributed by atoms with van der Waals surface area (Å²) in [5.74, 6) is -3.03. The number of halogens is 6. The van der Waals surface area contributed by atoms with Gasteiger partial charge in [0.2, 0.25) is 5.96 Å². The summed E-state index contributed by atoms with van der Waals surface area (Å²) >= 11 is 6.56. The number of alkyl halides is 5. The molecule has 1 saturated carbocycles. The van der Waals surface area contributed by atoms with Gasteiger partial charge in [-0.25, -0.2) is 28.2 Å². The molecule has 1 aliphatic heterocycles. The number of guanidine groups is 1. The van der Waals surface area contributed by atoms with E-state index in [4.69, 9.17) is 26.1 Å². The van der Waals surface area contributed by atoms with Crippen LogP contribution >= 0.6 is 11.6 Å². The Morgan fingerprint density at radius 2 is 1.62 bits per heavy atom. The number of nitrogens with zero attached hydrogens (tertiary/aromatic N) is 8. The number of aliphatic imine (C=N–C) groups is 1. The van der Waals surface area contributed by atoms with E-state index in [1.165, 1.54) is 18.2 Å². The van der Waals surface area contributed by atoms with Crippen molar-refractivity contribution in [1.82, 2.24) is 40.0 Å². The van der Waals surface area contributed by atoms with Crippen LogP contribution in [-0.2, 0) is 36.7 Å². The first-order valence-electron chi connectivity index (χ1n) is 20.7. The fraction of sp³-hybridized carbons (Fsp3) is 0.422. The molecule has 1 N–H and O–H groups in total. The third-order valence-corrected chi connectivity index (χ3v) is 11.4. The van der Waals surface area contributed by atoms with Gasteiger partial charge >= 0.3 is 18.2 Å². The zero-order chi connectivity index (χ0) is 47.1. The molecule has 14 nitrogen and oxygen atoms in total. The summed E-state index contributed by atoms with van der Waals surface area (Å²) in [6.07, 6.45) is -7.72. The van der Waals surface area contributed by atoms with Crippen LogP contribution in [0.1, 0.15) is 102 Å². The number of amides is 2. The van der Waals surface area contributed by atoms with E-state index < -0.39 is 77.4 Å². The number of benzene rings is 3. The number of hydrogen-bond acceptors (Lipinski definition) is 10. The molecule has 0 bridgehead atoms. The lowest BCUT2D eigenvalue weighted by atomic mass is 9.75. The Kier molecular flexibility index (Phi) is 12.7. The zero-order valence-corrected chi connectivity index (χ0v) is 37.1. The van der Waals surface area contributed by atoms with E-state index in [9.17, 15) is 31.5 Å². The molecule has 2 atom stereocenters. The fourth-order valence-electron chi connectivity index (χ4n) is 7.63. The fourth-order valence-corrected chi connectivity index (χ4v) is 7.83. The van der Waals surface area contributed by atoms with Gasteiger partial charge in [-0.15, -0.1) is 0 Å². The van der Waals surface area contributed by atoms with Gasteiger partial charge < -0.3 is 9.47 Å². The Morgan fingerprint density at radius 1 is 0.923 bits per heavy atom. The first-order chi connectivity index (χ1) is 30.5. The van der Waals surface area contributed by atoms with Crippen molar-refractivity contribution in [3.63, 3.8) is 0 Å². The number of carbonyl (C=O) groups excluding carboxylic acids is 3. The minimum absolute atomic E-state index is 0.0440. The minimum Gasteiger partial charge on any atom is -0.463 e. The van der Waals surface area contributed by atoms with Gasteiger partial charge in [-0.05, 0) is 74.3 Å². The zero-order valence-electron chi connectivity index (χ0n) is 36.4. The van der Waals surface area contributed by atoms with Gasteiger partial charge in [0, 0.05) is 5.56 Å². The molecule has 0 saturated heterocycles. The average molecular weight is 924 g/mol. The third-order valence-electron chi connectivity index (χ3n) is 11.1. The van der Waals surface area contributed by atoms with Gasteiger partial charge in [0.15, 0.2) is 11.4 Å². The Morgan fingerprint density at radius 3 is 2.22 bits per heavy atom. The summed E-state index contributed by atoms with van der Waals surface area (Å²) in [4.78, 5) is 54.0. The summed E-state index contributed by atoms with van der Waals surface area (Å²) in [6, 6.07) is 18.3. The summed E-state index contributed by atoms with van der Waals surface area (Å²) in [7, 11) is 0. The van der Waals surface area contributed by atoms with Gasteiger partial charge in [-0.2, -0.15) is 33.3 Å². The summed E-state index contributed by atoms with van der Waals surface area (Å²) in [5, 5.41) is 15.5. The van der Waals surface area contributed by atoms with Crippen LogP contribution in [0, 0.1) is 10.8 Å². The molecule has 1 fully saturated rings. The van der Waals surface area contributed by atoms with Crippen molar-refractivity contribution in [2.45, 2.75) is 104 Å². The highest BCUT2D eigenvalue weighted by molar-refractivity contribution is 6.32. The molecule has 1 aliphatic carbocycles. The highest BCUT2D eigenvalue weighted by Gasteiger charge is 2.64. The molecule has 3 heterocycles. The van der Waals surface area contributed by atoms with E-state index in [-0.39, 0.29) is 48.1 Å². The molecule has 7 rings (SSSR count). The number of ether oxygens (including phenoxy) is 2. The standard InChI is InChI=1S/C45H47ClF5N9O5/c1-41(2,3)25-44(30-15-12-28(13-16-30)32-22-53-60(57-32)42(4,5)6)38(62)58(39(56-44)55-40(63)65-23-27-10-8-7-9-11-27)34(24-64-35(61)21-43(18-19-43)45(49,50)51)29-14-17-31(46)33(20-29)59-37(36(47)48)52-26-54-59/h7-17,20,22,26,34,36H,18-19,21,23-25H2,1-6H3,(H,55,56,63)/t34-,44-/m1/s1. The van der Waals surface area contributed by atoms with E-state index in [2.05, 4.69) is 25.6 Å². The average Bonchev–Trinajstić information content (AvgIpc) is 3.53. The van der Waals surface area contributed by atoms with Crippen molar-refractivity contribution in [1.29, 1.82) is 0 Å². The topological polar surface area (TPSA) is 159 Å². The van der Waals surface area contributed by atoms with Crippen LogP contribution in [0.2, 0.25) is 5.02 Å². The quantitative estimate of drug-likeness (QED) is 0.0897. The first-order valence-corrected chi connectivity index (χ1v) is 21.0. The second kappa shape index (κ2) is 17.6. The molecule has 2 amide bonds. The first kappa shape index (κ1) is 46.7. The van der Waals surface area contributed by atoms with Gasteiger partial charge in [0.25, 0.3) is 12.3 Å². The van der Waals surface area contributed by atoms with Crippen molar-refractivity contribution in [2.75, 3.05) is 6.61 Å². The maximum atomic E-state index is 15.7. The van der Waals surface area contributed by atoms with Crippen molar-refractivity contribution in [3.8, 4) is 16.9 Å². The molecule has 2 aromatic heterocycles. The van der Waals surface area contributed by atoms with Gasteiger partial charge in [-0.3, -0.25) is 19.8 Å². The minimum atomic E-state index is -4.67. The van der Waals surface area contributed by atoms with Crippen molar-refractivity contribution >= 4 is 35.5 Å². The van der Waals surface area contributed by atoms with Crippen molar-refractivity contribution in [3.05, 3.63) is 113 Å². The number of aromatic nitrogens is 6. The maximum absolute atomic E-state index is 15.7. The van der Waals surface area contributed by atoms with E-state index in [0.29, 0.717) is 22.4 Å². The molecule has 0 radical (unpaired) electrons. The van der Waals surface area contributed by atoms with Gasteiger partial charge in [-0.1, -0.05) is 93.0 Å². The normalized spacial score (nSPS) is 17.8. The summed E-state index contributed by atoms with van der Waals surface area (Å²) in [5.41, 5.74) is -2.82. The lowest BCUT2D eigenvalue weighted by Crippen LogP contribution is -2.49. The Balaban J connectivity index is 1.35. The van der Waals surface area contributed by atoms with E-state index >= 15 is 4.79 Å². The van der Waals surface area contributed by atoms with Crippen LogP contribution in [-0.4, -0.2) is 71.4 Å². The Bertz CT molecular complexity index is 2580. The molecule has 0 spiro atoms. The molecular weight excluding hydrogens is 877 g/mol. The van der Waals surface area contributed by atoms with E-state index in [1.54, 1.807) is 65.6 Å². The lowest BCUT2D eigenvalue weighted by Gasteiger charge is -2.35. The number of hydrogen-bond donors (Lipinski definition) is 1. The number of nitrogens with one attached hydrogen (secondary N) is 1. The molecule has 20 heteroatoms. The highest BCUT2D eigenvalue weighted by Crippen LogP contribution is 2.60. The van der Waals surface area contributed by atoms with Crippen molar-refractivity contribution < 1.29 is 45.8 Å². The molecule has 3 aromatic carbocycles. The van der Waals surface area contributed by atoms with Crippen LogP contribution in [0.3, 0.4) is 0 Å². The number of esters is 1. The SMILES string of the molecule is CC(C)(C)C[C@]1(c2ccc(-c3cnn(C(C)(C)C)n3)cc2)N=C(NC(=O)OCc2ccccc2)N([C@H](COC(=O)CC2(C(F)(F)F)CC2)c2ccc(Cl)c(-n3ncnc3C(F)F)c2)C1=O. The molecular formula is C45H47ClF5N9O5. The van der Waals surface area contributed by atoms with Gasteiger partial charge in [0.05, 0.1) is 40.3 Å². The van der Waals surface area contributed by atoms with Crippen LogP contribution in [0.4, 0.5) is 26.7 Å². The van der Waals surface area contributed by atoms with Crippen LogP contribution in [0.5, 0.6) is 0 Å². The van der Waals surface area contributed by atoms with Crippen LogP contribution in [0.25, 0.3) is 16.9 Å². The maximum Gasteiger partial charge on any atom is 0.414 e. The highest BCUT2D eigenvalue weighted by atomic mass is 35.5. The predicted octanol–water partition coefficient (Wildman–Crippen LogP) is 9.64. The van der Waals surface area contributed by atoms with Gasteiger partial charge in [0.1, 0.15) is 25.2 Å². The second-order valence-corrected chi connectivity index (χ2v) is 18.8. The number of carbonyl (C=O) groups is 3. The summed E-state index contributed by atoms with van der Waals surface area (Å²) < 4.78 is 82.2. The van der Waals surface area contributed by atoms with Crippen molar-refractivity contribution in [2.24, 2.45) is 15.8 Å².